The Labute approximate surface area is 187 Å². The number of hydrogen-bond donors (Lipinski definition) is 3. The van der Waals surface area contributed by atoms with Crippen molar-refractivity contribution in [3.05, 3.63) is 65.8 Å². The lowest BCUT2D eigenvalue weighted by atomic mass is 9.97. The minimum atomic E-state index is -0.376. The van der Waals surface area contributed by atoms with Crippen LogP contribution in [0.1, 0.15) is 31.2 Å². The van der Waals surface area contributed by atoms with E-state index < -0.39 is 0 Å². The first kappa shape index (κ1) is 22.7. The monoisotopic (exact) mass is 442 g/mol. The SMILES string of the molecule is CCCNCCOc1cccc(NC(=O)C2=C(O)CCc3c2nc2ccccn32)c1.Cl. The minimum Gasteiger partial charge on any atom is -0.511 e. The summed E-state index contributed by atoms with van der Waals surface area (Å²) in [7, 11) is 0. The topological polar surface area (TPSA) is 87.9 Å². The molecule has 8 heteroatoms. The third-order valence-electron chi connectivity index (χ3n) is 5.05. The molecule has 0 saturated heterocycles. The molecule has 164 valence electrons. The van der Waals surface area contributed by atoms with Crippen LogP contribution in [-0.2, 0) is 11.2 Å². The molecule has 1 amide bonds. The highest BCUT2D eigenvalue weighted by Crippen LogP contribution is 2.31. The zero-order valence-electron chi connectivity index (χ0n) is 17.4. The second-order valence-electron chi connectivity index (χ2n) is 7.24. The Morgan fingerprint density at radius 3 is 2.90 bits per heavy atom. The fourth-order valence-electron chi connectivity index (χ4n) is 3.62. The third-order valence-corrected chi connectivity index (χ3v) is 5.05. The Morgan fingerprint density at radius 1 is 1.19 bits per heavy atom. The van der Waals surface area contributed by atoms with Crippen molar-refractivity contribution in [1.82, 2.24) is 14.7 Å². The van der Waals surface area contributed by atoms with E-state index in [1.807, 2.05) is 40.9 Å². The summed E-state index contributed by atoms with van der Waals surface area (Å²) in [6, 6.07) is 13.0. The summed E-state index contributed by atoms with van der Waals surface area (Å²) >= 11 is 0. The molecule has 2 aromatic heterocycles. The van der Waals surface area contributed by atoms with Gasteiger partial charge in [0.1, 0.15) is 35.0 Å². The number of carbonyl (C=O) groups excluding carboxylic acids is 1. The second kappa shape index (κ2) is 10.3. The van der Waals surface area contributed by atoms with Gasteiger partial charge in [0.25, 0.3) is 5.91 Å². The number of aliphatic hydroxyl groups is 1. The zero-order valence-corrected chi connectivity index (χ0v) is 18.2. The molecule has 1 aliphatic rings. The number of fused-ring (bicyclic) bond motifs is 3. The highest BCUT2D eigenvalue weighted by Gasteiger charge is 2.28. The van der Waals surface area contributed by atoms with E-state index in [1.54, 1.807) is 12.1 Å². The smallest absolute Gasteiger partial charge is 0.261 e. The van der Waals surface area contributed by atoms with E-state index in [4.69, 9.17) is 4.74 Å². The van der Waals surface area contributed by atoms with Crippen LogP contribution in [0.3, 0.4) is 0 Å². The van der Waals surface area contributed by atoms with Crippen molar-refractivity contribution < 1.29 is 14.6 Å². The van der Waals surface area contributed by atoms with E-state index in [9.17, 15) is 9.90 Å². The van der Waals surface area contributed by atoms with Crippen molar-refractivity contribution in [3.8, 4) is 5.75 Å². The van der Waals surface area contributed by atoms with E-state index >= 15 is 0 Å². The average molecular weight is 443 g/mol. The van der Waals surface area contributed by atoms with Crippen molar-refractivity contribution in [3.63, 3.8) is 0 Å². The number of pyridine rings is 1. The summed E-state index contributed by atoms with van der Waals surface area (Å²) in [6.07, 6.45) is 4.05. The number of halogens is 1. The predicted octanol–water partition coefficient (Wildman–Crippen LogP) is 3.99. The maximum Gasteiger partial charge on any atom is 0.261 e. The molecule has 0 fully saturated rings. The van der Waals surface area contributed by atoms with Crippen LogP contribution in [0, 0.1) is 0 Å². The number of rotatable bonds is 8. The lowest BCUT2D eigenvalue weighted by Crippen LogP contribution is -2.21. The molecule has 4 rings (SSSR count). The largest absolute Gasteiger partial charge is 0.511 e. The first-order valence-corrected chi connectivity index (χ1v) is 10.3. The second-order valence-corrected chi connectivity index (χ2v) is 7.24. The fourth-order valence-corrected chi connectivity index (χ4v) is 3.62. The third kappa shape index (κ3) is 5.00. The molecule has 0 unspecified atom stereocenters. The molecule has 0 aliphatic heterocycles. The summed E-state index contributed by atoms with van der Waals surface area (Å²) < 4.78 is 7.72. The van der Waals surface area contributed by atoms with Crippen molar-refractivity contribution in [1.29, 1.82) is 0 Å². The van der Waals surface area contributed by atoms with Crippen LogP contribution in [0.4, 0.5) is 5.69 Å². The van der Waals surface area contributed by atoms with Gasteiger partial charge in [-0.3, -0.25) is 4.79 Å². The summed E-state index contributed by atoms with van der Waals surface area (Å²) in [4.78, 5) is 17.6. The maximum atomic E-state index is 13.0. The number of anilines is 1. The van der Waals surface area contributed by atoms with Gasteiger partial charge in [-0.15, -0.1) is 12.4 Å². The number of aryl methyl sites for hydroxylation is 1. The van der Waals surface area contributed by atoms with E-state index in [1.165, 1.54) is 0 Å². The highest BCUT2D eigenvalue weighted by atomic mass is 35.5. The maximum absolute atomic E-state index is 13.0. The van der Waals surface area contributed by atoms with E-state index in [0.29, 0.717) is 36.6 Å². The number of hydrogen-bond acceptors (Lipinski definition) is 5. The average Bonchev–Trinajstić information content (AvgIpc) is 3.12. The van der Waals surface area contributed by atoms with E-state index in [2.05, 4.69) is 22.5 Å². The van der Waals surface area contributed by atoms with Gasteiger partial charge in [-0.25, -0.2) is 4.98 Å². The first-order valence-electron chi connectivity index (χ1n) is 10.3. The Kier molecular flexibility index (Phi) is 7.55. The van der Waals surface area contributed by atoms with Crippen LogP contribution in [0.15, 0.2) is 54.4 Å². The quantitative estimate of drug-likeness (QED) is 0.459. The zero-order chi connectivity index (χ0) is 20.9. The number of nitrogens with zero attached hydrogens (tertiary/aromatic N) is 2. The number of benzene rings is 1. The van der Waals surface area contributed by atoms with Gasteiger partial charge < -0.3 is 24.9 Å². The number of aliphatic hydroxyl groups excluding tert-OH is 1. The van der Waals surface area contributed by atoms with E-state index in [-0.39, 0.29) is 29.6 Å². The molecule has 7 nitrogen and oxygen atoms in total. The Bertz CT molecular complexity index is 1090. The Balaban J connectivity index is 0.00000272. The van der Waals surface area contributed by atoms with Crippen LogP contribution in [0.5, 0.6) is 5.75 Å². The molecule has 0 saturated carbocycles. The van der Waals surface area contributed by atoms with Crippen LogP contribution >= 0.6 is 12.4 Å². The Hall–Kier alpha value is -3.03. The standard InChI is InChI=1S/C23H26N4O3.ClH/c1-2-11-24-12-14-30-17-7-5-6-16(15-17)25-23(29)21-19(28)10-9-18-22(21)26-20-8-3-4-13-27(18)20;/h3-8,13,15,24,28H,2,9-12,14H2,1H3,(H,25,29);1H. The molecule has 31 heavy (non-hydrogen) atoms. The molecule has 3 N–H and O–H groups in total. The van der Waals surface area contributed by atoms with Crippen molar-refractivity contribution in [2.45, 2.75) is 26.2 Å². The predicted molar refractivity (Wildman–Crippen MR) is 124 cm³/mol. The summed E-state index contributed by atoms with van der Waals surface area (Å²) in [5.74, 6) is 0.373. The van der Waals surface area contributed by atoms with Crippen molar-refractivity contribution >= 4 is 35.2 Å². The fraction of sp³-hybridized carbons (Fsp3) is 0.304. The molecule has 0 spiro atoms. The van der Waals surface area contributed by atoms with Crippen LogP contribution < -0.4 is 15.4 Å². The van der Waals surface area contributed by atoms with Crippen LogP contribution in [0.25, 0.3) is 11.2 Å². The van der Waals surface area contributed by atoms with Gasteiger partial charge >= 0.3 is 0 Å². The molecule has 1 aromatic carbocycles. The van der Waals surface area contributed by atoms with Gasteiger partial charge in [-0.05, 0) is 43.7 Å². The van der Waals surface area contributed by atoms with Gasteiger partial charge in [0, 0.05) is 30.9 Å². The minimum absolute atomic E-state index is 0. The first-order chi connectivity index (χ1) is 14.7. The van der Waals surface area contributed by atoms with Gasteiger partial charge in [0.2, 0.25) is 0 Å². The molecule has 0 radical (unpaired) electrons. The van der Waals surface area contributed by atoms with Crippen molar-refractivity contribution in [2.75, 3.05) is 25.0 Å². The summed E-state index contributed by atoms with van der Waals surface area (Å²) in [6.45, 7) is 4.40. The Morgan fingerprint density at radius 2 is 2.06 bits per heavy atom. The number of ether oxygens (including phenoxy) is 1. The molecular formula is C23H27ClN4O3. The van der Waals surface area contributed by atoms with Crippen LogP contribution in [0.2, 0.25) is 0 Å². The molecule has 2 heterocycles. The number of aromatic nitrogens is 2. The van der Waals surface area contributed by atoms with Gasteiger partial charge in [-0.2, -0.15) is 0 Å². The number of imidazole rings is 1. The number of carbonyl (C=O) groups is 1. The molecule has 1 aliphatic carbocycles. The molecule has 0 bridgehead atoms. The van der Waals surface area contributed by atoms with Gasteiger partial charge in [0.15, 0.2) is 0 Å². The highest BCUT2D eigenvalue weighted by molar-refractivity contribution is 6.26. The van der Waals surface area contributed by atoms with Gasteiger partial charge in [0.05, 0.1) is 5.69 Å². The molecule has 0 atom stereocenters. The lowest BCUT2D eigenvalue weighted by Gasteiger charge is -2.16. The molecule has 3 aromatic rings. The molecular weight excluding hydrogens is 416 g/mol. The number of nitrogens with one attached hydrogen (secondary N) is 2. The van der Waals surface area contributed by atoms with E-state index in [0.717, 1.165) is 30.9 Å². The summed E-state index contributed by atoms with van der Waals surface area (Å²) in [5.41, 5.74) is 3.07. The van der Waals surface area contributed by atoms with Gasteiger partial charge in [-0.1, -0.05) is 19.1 Å². The number of allylic oxidation sites excluding steroid dienone is 1. The number of amides is 1. The van der Waals surface area contributed by atoms with Crippen LogP contribution in [-0.4, -0.2) is 40.1 Å². The summed E-state index contributed by atoms with van der Waals surface area (Å²) in [5, 5.41) is 16.6. The lowest BCUT2D eigenvalue weighted by molar-refractivity contribution is -0.111. The normalized spacial score (nSPS) is 12.9. The van der Waals surface area contributed by atoms with Crippen molar-refractivity contribution in [2.24, 2.45) is 0 Å².